The van der Waals surface area contributed by atoms with Crippen LogP contribution in [-0.4, -0.2) is 22.0 Å². The summed E-state index contributed by atoms with van der Waals surface area (Å²) in [6.07, 6.45) is -6.85. The van der Waals surface area contributed by atoms with Gasteiger partial charge in [-0.05, 0) is 23.8 Å². The number of hydrogen-bond acceptors (Lipinski definition) is 2. The summed E-state index contributed by atoms with van der Waals surface area (Å²) < 4.78 is 79.9. The first-order valence-corrected chi connectivity index (χ1v) is 8.74. The number of alkyl halides is 6. The molecule has 30 heavy (non-hydrogen) atoms. The van der Waals surface area contributed by atoms with E-state index in [0.29, 0.717) is 12.1 Å². The number of imidazole rings is 1. The molecule has 4 rings (SSSR count). The third-order valence-electron chi connectivity index (χ3n) is 4.90. The number of benzene rings is 2. The van der Waals surface area contributed by atoms with Crippen LogP contribution in [0, 0.1) is 0 Å². The van der Waals surface area contributed by atoms with E-state index in [4.69, 9.17) is 0 Å². The first-order chi connectivity index (χ1) is 14.1. The van der Waals surface area contributed by atoms with Gasteiger partial charge in [-0.1, -0.05) is 24.3 Å². The summed E-state index contributed by atoms with van der Waals surface area (Å²) in [5, 5.41) is 2.45. The Morgan fingerprint density at radius 3 is 2.27 bits per heavy atom. The van der Waals surface area contributed by atoms with E-state index in [1.807, 2.05) is 18.2 Å². The minimum atomic E-state index is -5.02. The van der Waals surface area contributed by atoms with Crippen molar-refractivity contribution in [3.8, 4) is 11.3 Å². The summed E-state index contributed by atoms with van der Waals surface area (Å²) in [7, 11) is 0. The Labute approximate surface area is 166 Å². The highest BCUT2D eigenvalue weighted by atomic mass is 19.4. The van der Waals surface area contributed by atoms with Crippen molar-refractivity contribution in [1.29, 1.82) is 0 Å². The molecule has 1 unspecified atom stereocenters. The maximum Gasteiger partial charge on any atom is 0.416 e. The molecule has 1 N–H and O–H groups in total. The molecule has 0 saturated carbocycles. The second kappa shape index (κ2) is 6.89. The van der Waals surface area contributed by atoms with Gasteiger partial charge < -0.3 is 9.88 Å². The predicted molar refractivity (Wildman–Crippen MR) is 94.6 cm³/mol. The van der Waals surface area contributed by atoms with Gasteiger partial charge in [-0.2, -0.15) is 26.3 Å². The van der Waals surface area contributed by atoms with Crippen molar-refractivity contribution in [2.75, 3.05) is 6.54 Å². The van der Waals surface area contributed by atoms with E-state index in [2.05, 4.69) is 10.3 Å². The number of nitrogens with one attached hydrogen (secondary N) is 1. The number of carbonyl (C=O) groups is 1. The smallest absolute Gasteiger partial charge is 0.350 e. The average molecular weight is 425 g/mol. The molecule has 2 heterocycles. The monoisotopic (exact) mass is 425 g/mol. The van der Waals surface area contributed by atoms with Gasteiger partial charge in [0.2, 0.25) is 0 Å². The Bertz CT molecular complexity index is 1080. The average Bonchev–Trinajstić information content (AvgIpc) is 3.26. The van der Waals surface area contributed by atoms with Crippen LogP contribution in [-0.2, 0) is 12.4 Å². The van der Waals surface area contributed by atoms with Gasteiger partial charge in [0.05, 0.1) is 35.4 Å². The quantitative estimate of drug-likeness (QED) is 0.606. The van der Waals surface area contributed by atoms with Crippen molar-refractivity contribution in [3.63, 3.8) is 0 Å². The van der Waals surface area contributed by atoms with Crippen LogP contribution in [0.25, 0.3) is 11.3 Å². The Hall–Kier alpha value is -3.30. The van der Waals surface area contributed by atoms with Crippen LogP contribution in [0.5, 0.6) is 0 Å². The van der Waals surface area contributed by atoms with Crippen molar-refractivity contribution >= 4 is 5.91 Å². The second-order valence-corrected chi connectivity index (χ2v) is 6.79. The van der Waals surface area contributed by atoms with Gasteiger partial charge in [0.1, 0.15) is 0 Å². The molecule has 10 heteroatoms. The lowest BCUT2D eigenvalue weighted by atomic mass is 10.0. The van der Waals surface area contributed by atoms with Gasteiger partial charge in [0, 0.05) is 17.7 Å². The van der Waals surface area contributed by atoms with E-state index < -0.39 is 35.0 Å². The highest BCUT2D eigenvalue weighted by molar-refractivity contribution is 5.94. The van der Waals surface area contributed by atoms with E-state index >= 15 is 0 Å². The Morgan fingerprint density at radius 2 is 1.63 bits per heavy atom. The maximum atomic E-state index is 13.0. The maximum absolute atomic E-state index is 13.0. The van der Waals surface area contributed by atoms with E-state index in [0.717, 1.165) is 16.8 Å². The van der Waals surface area contributed by atoms with Gasteiger partial charge in [0.15, 0.2) is 0 Å². The molecule has 1 aromatic heterocycles. The molecule has 0 spiro atoms. The fraction of sp³-hybridized carbons (Fsp3) is 0.200. The Kier molecular flexibility index (Phi) is 4.59. The normalized spacial score (nSPS) is 15.6. The lowest BCUT2D eigenvalue weighted by molar-refractivity contribution is -0.143. The lowest BCUT2D eigenvalue weighted by Crippen LogP contribution is -2.30. The molecular formula is C20H13F6N3O. The summed E-state index contributed by atoms with van der Waals surface area (Å²) in [5.74, 6) is -1.03. The summed E-state index contributed by atoms with van der Waals surface area (Å²) in [6, 6.07) is 7.77. The van der Waals surface area contributed by atoms with E-state index in [9.17, 15) is 31.1 Å². The Morgan fingerprint density at radius 1 is 1.00 bits per heavy atom. The number of fused-ring (bicyclic) bond motifs is 3. The van der Waals surface area contributed by atoms with Crippen molar-refractivity contribution in [2.24, 2.45) is 0 Å². The number of rotatable bonds is 3. The fourth-order valence-corrected chi connectivity index (χ4v) is 3.52. The number of aromatic nitrogens is 2. The summed E-state index contributed by atoms with van der Waals surface area (Å²) >= 11 is 0. The second-order valence-electron chi connectivity index (χ2n) is 6.79. The summed E-state index contributed by atoms with van der Waals surface area (Å²) in [6.45, 7) is -0.0309. The van der Waals surface area contributed by atoms with Gasteiger partial charge in [-0.3, -0.25) is 4.79 Å². The third kappa shape index (κ3) is 3.53. The number of nitrogens with zero attached hydrogens (tertiary/aromatic N) is 2. The zero-order valence-electron chi connectivity index (χ0n) is 15.1. The van der Waals surface area contributed by atoms with Crippen LogP contribution in [0.4, 0.5) is 26.3 Å². The molecule has 0 fully saturated rings. The van der Waals surface area contributed by atoms with Gasteiger partial charge >= 0.3 is 12.4 Å². The van der Waals surface area contributed by atoms with Crippen molar-refractivity contribution in [2.45, 2.75) is 18.4 Å². The van der Waals surface area contributed by atoms with Crippen molar-refractivity contribution in [3.05, 3.63) is 77.2 Å². The minimum Gasteiger partial charge on any atom is -0.350 e. The van der Waals surface area contributed by atoms with Crippen LogP contribution in [0.15, 0.2) is 55.0 Å². The largest absolute Gasteiger partial charge is 0.416 e. The predicted octanol–water partition coefficient (Wildman–Crippen LogP) is 4.92. The molecule has 1 amide bonds. The number of halogens is 6. The summed E-state index contributed by atoms with van der Waals surface area (Å²) in [5.41, 5.74) is -1.21. The van der Waals surface area contributed by atoms with Crippen molar-refractivity contribution in [1.82, 2.24) is 14.9 Å². The molecule has 1 atom stereocenters. The number of carbonyl (C=O) groups excluding carboxylic acids is 1. The topological polar surface area (TPSA) is 46.9 Å². The molecule has 0 saturated heterocycles. The van der Waals surface area contributed by atoms with Gasteiger partial charge in [-0.15, -0.1) is 0 Å². The first kappa shape index (κ1) is 20.0. The number of amides is 1. The van der Waals surface area contributed by atoms with Crippen LogP contribution >= 0.6 is 0 Å². The fourth-order valence-electron chi connectivity index (χ4n) is 3.52. The SMILES string of the molecule is O=C(NCC1c2ccccc2-c2cncn21)c1cc(C(F)(F)F)cc(C(F)(F)F)c1. The molecule has 4 nitrogen and oxygen atoms in total. The van der Waals surface area contributed by atoms with E-state index in [-0.39, 0.29) is 18.7 Å². The number of hydrogen-bond donors (Lipinski definition) is 1. The van der Waals surface area contributed by atoms with Gasteiger partial charge in [-0.25, -0.2) is 4.98 Å². The van der Waals surface area contributed by atoms with Crippen LogP contribution in [0.1, 0.15) is 33.1 Å². The molecule has 2 aromatic carbocycles. The molecule has 0 radical (unpaired) electrons. The van der Waals surface area contributed by atoms with E-state index in [1.165, 1.54) is 0 Å². The molecule has 0 bridgehead atoms. The zero-order valence-corrected chi connectivity index (χ0v) is 15.1. The standard InChI is InChI=1S/C20H13F6N3O/c21-19(22,23)12-5-11(6-13(7-12)20(24,25)26)18(30)28-9-17-15-4-2-1-3-14(15)16-8-27-10-29(16)17/h1-8,10,17H,9H2,(H,28,30). The zero-order chi connectivity index (χ0) is 21.7. The van der Waals surface area contributed by atoms with Crippen LogP contribution in [0.2, 0.25) is 0 Å². The third-order valence-corrected chi connectivity index (χ3v) is 4.90. The molecule has 1 aliphatic rings. The molecule has 3 aromatic rings. The van der Waals surface area contributed by atoms with E-state index in [1.54, 1.807) is 23.2 Å². The molecule has 156 valence electrons. The Balaban J connectivity index is 1.61. The molecular weight excluding hydrogens is 412 g/mol. The lowest BCUT2D eigenvalue weighted by Gasteiger charge is -2.17. The van der Waals surface area contributed by atoms with Crippen LogP contribution < -0.4 is 5.32 Å². The van der Waals surface area contributed by atoms with Crippen LogP contribution in [0.3, 0.4) is 0 Å². The van der Waals surface area contributed by atoms with Crippen molar-refractivity contribution < 1.29 is 31.1 Å². The highest BCUT2D eigenvalue weighted by Crippen LogP contribution is 2.39. The summed E-state index contributed by atoms with van der Waals surface area (Å²) in [4.78, 5) is 16.5. The minimum absolute atomic E-state index is 0.0121. The molecule has 0 aliphatic carbocycles. The molecule has 1 aliphatic heterocycles. The van der Waals surface area contributed by atoms with Gasteiger partial charge in [0.25, 0.3) is 5.91 Å². The highest BCUT2D eigenvalue weighted by Gasteiger charge is 2.37. The first-order valence-electron chi connectivity index (χ1n) is 8.74.